The van der Waals surface area contributed by atoms with Gasteiger partial charge in [-0.1, -0.05) is 6.92 Å². The fourth-order valence-electron chi connectivity index (χ4n) is 1.24. The molecule has 0 radical (unpaired) electrons. The first-order chi connectivity index (χ1) is 6.81. The van der Waals surface area contributed by atoms with Gasteiger partial charge in [0, 0.05) is 19.9 Å². The van der Waals surface area contributed by atoms with Crippen LogP contribution in [-0.2, 0) is 4.74 Å². The summed E-state index contributed by atoms with van der Waals surface area (Å²) in [6.45, 7) is 4.73. The Hall–Kier alpha value is -1.16. The summed E-state index contributed by atoms with van der Waals surface area (Å²) in [6, 6.07) is 1.84. The van der Waals surface area contributed by atoms with E-state index in [1.807, 2.05) is 20.0 Å². The average Bonchev–Trinajstić information content (AvgIpc) is 2.26. The standard InChI is InChI=1S/C10H17N3O/c1-4-8(14-5-2)10-12-7-6-9(11-3)13-10/h6-8H,4-5H2,1-3H3,(H,11,12,13). The summed E-state index contributed by atoms with van der Waals surface area (Å²) < 4.78 is 5.52. The van der Waals surface area contributed by atoms with Crippen LogP contribution in [0.3, 0.4) is 0 Å². The Kier molecular flexibility index (Phi) is 4.32. The van der Waals surface area contributed by atoms with Gasteiger partial charge in [-0.3, -0.25) is 0 Å². The van der Waals surface area contributed by atoms with Crippen LogP contribution < -0.4 is 5.32 Å². The van der Waals surface area contributed by atoms with E-state index in [4.69, 9.17) is 4.74 Å². The molecular weight excluding hydrogens is 178 g/mol. The smallest absolute Gasteiger partial charge is 0.159 e. The van der Waals surface area contributed by atoms with E-state index in [1.165, 1.54) is 0 Å². The first kappa shape index (κ1) is 10.9. The quantitative estimate of drug-likeness (QED) is 0.780. The maximum atomic E-state index is 5.52. The van der Waals surface area contributed by atoms with Crippen LogP contribution in [0.2, 0.25) is 0 Å². The van der Waals surface area contributed by atoms with E-state index >= 15 is 0 Å². The molecule has 0 aliphatic rings. The second-order valence-electron chi connectivity index (χ2n) is 2.90. The molecule has 0 saturated heterocycles. The Morgan fingerprint density at radius 1 is 1.50 bits per heavy atom. The summed E-state index contributed by atoms with van der Waals surface area (Å²) in [4.78, 5) is 8.53. The van der Waals surface area contributed by atoms with E-state index in [-0.39, 0.29) is 6.10 Å². The monoisotopic (exact) mass is 195 g/mol. The van der Waals surface area contributed by atoms with Crippen molar-refractivity contribution in [1.29, 1.82) is 0 Å². The van der Waals surface area contributed by atoms with Gasteiger partial charge in [0.05, 0.1) is 0 Å². The minimum atomic E-state index is 0.00769. The minimum Gasteiger partial charge on any atom is -0.373 e. The molecule has 0 spiro atoms. The molecule has 1 N–H and O–H groups in total. The largest absolute Gasteiger partial charge is 0.373 e. The maximum absolute atomic E-state index is 5.52. The van der Waals surface area contributed by atoms with Crippen LogP contribution in [0.5, 0.6) is 0 Å². The number of hydrogen-bond donors (Lipinski definition) is 1. The van der Waals surface area contributed by atoms with Crippen LogP contribution in [0.25, 0.3) is 0 Å². The van der Waals surface area contributed by atoms with Gasteiger partial charge in [0.15, 0.2) is 5.82 Å². The Balaban J connectivity index is 2.80. The fraction of sp³-hybridized carbons (Fsp3) is 0.600. The van der Waals surface area contributed by atoms with Gasteiger partial charge in [-0.15, -0.1) is 0 Å². The molecule has 0 saturated carbocycles. The fourth-order valence-corrected chi connectivity index (χ4v) is 1.24. The lowest BCUT2D eigenvalue weighted by Crippen LogP contribution is -2.08. The predicted molar refractivity (Wildman–Crippen MR) is 56.2 cm³/mol. The highest BCUT2D eigenvalue weighted by atomic mass is 16.5. The lowest BCUT2D eigenvalue weighted by molar-refractivity contribution is 0.0536. The molecule has 0 fully saturated rings. The number of aromatic nitrogens is 2. The second-order valence-corrected chi connectivity index (χ2v) is 2.90. The highest BCUT2D eigenvalue weighted by Crippen LogP contribution is 2.17. The van der Waals surface area contributed by atoms with Gasteiger partial charge in [-0.05, 0) is 19.4 Å². The SMILES string of the molecule is CCOC(CC)c1nccc(NC)n1. The van der Waals surface area contributed by atoms with E-state index in [2.05, 4.69) is 22.2 Å². The number of ether oxygens (including phenoxy) is 1. The highest BCUT2D eigenvalue weighted by Gasteiger charge is 2.11. The molecule has 0 bridgehead atoms. The van der Waals surface area contributed by atoms with Gasteiger partial charge in [-0.2, -0.15) is 0 Å². The van der Waals surface area contributed by atoms with E-state index in [9.17, 15) is 0 Å². The van der Waals surface area contributed by atoms with Crippen LogP contribution in [0.4, 0.5) is 5.82 Å². The molecule has 1 unspecified atom stereocenters. The Morgan fingerprint density at radius 2 is 2.29 bits per heavy atom. The summed E-state index contributed by atoms with van der Waals surface area (Å²) in [5.74, 6) is 1.58. The Labute approximate surface area is 84.7 Å². The van der Waals surface area contributed by atoms with Gasteiger partial charge >= 0.3 is 0 Å². The topological polar surface area (TPSA) is 47.0 Å². The maximum Gasteiger partial charge on any atom is 0.159 e. The summed E-state index contributed by atoms with van der Waals surface area (Å²) in [7, 11) is 1.84. The molecule has 0 aromatic carbocycles. The van der Waals surface area contributed by atoms with Crippen molar-refractivity contribution in [2.45, 2.75) is 26.4 Å². The molecule has 1 aromatic rings. The summed E-state index contributed by atoms with van der Waals surface area (Å²) in [6.07, 6.45) is 2.64. The molecule has 1 atom stereocenters. The zero-order chi connectivity index (χ0) is 10.4. The molecule has 14 heavy (non-hydrogen) atoms. The van der Waals surface area contributed by atoms with Crippen LogP contribution in [-0.4, -0.2) is 23.6 Å². The third-order valence-electron chi connectivity index (χ3n) is 1.96. The first-order valence-corrected chi connectivity index (χ1v) is 4.94. The van der Waals surface area contributed by atoms with Gasteiger partial charge < -0.3 is 10.1 Å². The van der Waals surface area contributed by atoms with Crippen LogP contribution in [0, 0.1) is 0 Å². The molecular formula is C10H17N3O. The Bertz CT molecular complexity index is 278. The third-order valence-corrected chi connectivity index (χ3v) is 1.96. The highest BCUT2D eigenvalue weighted by molar-refractivity contribution is 5.31. The zero-order valence-electron chi connectivity index (χ0n) is 8.95. The van der Waals surface area contributed by atoms with Crippen molar-refractivity contribution in [2.75, 3.05) is 19.0 Å². The minimum absolute atomic E-state index is 0.00769. The molecule has 78 valence electrons. The molecule has 0 amide bonds. The van der Waals surface area contributed by atoms with Crippen LogP contribution in [0.1, 0.15) is 32.2 Å². The zero-order valence-corrected chi connectivity index (χ0v) is 8.95. The molecule has 0 aliphatic heterocycles. The number of anilines is 1. The molecule has 1 aromatic heterocycles. The van der Waals surface area contributed by atoms with Gasteiger partial charge in [0.1, 0.15) is 11.9 Å². The number of hydrogen-bond acceptors (Lipinski definition) is 4. The van der Waals surface area contributed by atoms with Gasteiger partial charge in [0.25, 0.3) is 0 Å². The lowest BCUT2D eigenvalue weighted by atomic mass is 10.2. The van der Waals surface area contributed by atoms with Crippen molar-refractivity contribution < 1.29 is 4.74 Å². The molecule has 4 heteroatoms. The van der Waals surface area contributed by atoms with Crippen molar-refractivity contribution in [2.24, 2.45) is 0 Å². The van der Waals surface area contributed by atoms with E-state index in [1.54, 1.807) is 6.20 Å². The van der Waals surface area contributed by atoms with Crippen molar-refractivity contribution >= 4 is 5.82 Å². The molecule has 4 nitrogen and oxygen atoms in total. The lowest BCUT2D eigenvalue weighted by Gasteiger charge is -2.13. The van der Waals surface area contributed by atoms with Crippen molar-refractivity contribution in [1.82, 2.24) is 9.97 Å². The normalized spacial score (nSPS) is 12.5. The van der Waals surface area contributed by atoms with Crippen molar-refractivity contribution in [3.63, 3.8) is 0 Å². The van der Waals surface area contributed by atoms with E-state index < -0.39 is 0 Å². The molecule has 1 rings (SSSR count). The van der Waals surface area contributed by atoms with E-state index in [0.29, 0.717) is 6.61 Å². The first-order valence-electron chi connectivity index (χ1n) is 4.94. The average molecular weight is 195 g/mol. The summed E-state index contributed by atoms with van der Waals surface area (Å²) in [5.41, 5.74) is 0. The number of nitrogens with one attached hydrogen (secondary N) is 1. The predicted octanol–water partition coefficient (Wildman–Crippen LogP) is 2.01. The van der Waals surface area contributed by atoms with Crippen LogP contribution in [0.15, 0.2) is 12.3 Å². The van der Waals surface area contributed by atoms with Crippen LogP contribution >= 0.6 is 0 Å². The molecule has 1 heterocycles. The third kappa shape index (κ3) is 2.67. The summed E-state index contributed by atoms with van der Waals surface area (Å²) in [5, 5.41) is 2.98. The number of rotatable bonds is 5. The molecule has 0 aliphatic carbocycles. The van der Waals surface area contributed by atoms with Crippen molar-refractivity contribution in [3.05, 3.63) is 18.1 Å². The van der Waals surface area contributed by atoms with Crippen molar-refractivity contribution in [3.8, 4) is 0 Å². The summed E-state index contributed by atoms with van der Waals surface area (Å²) >= 11 is 0. The Morgan fingerprint density at radius 3 is 2.86 bits per heavy atom. The van der Waals surface area contributed by atoms with E-state index in [0.717, 1.165) is 18.1 Å². The second kappa shape index (κ2) is 5.54. The van der Waals surface area contributed by atoms with Gasteiger partial charge in [0.2, 0.25) is 0 Å². The van der Waals surface area contributed by atoms with Gasteiger partial charge in [-0.25, -0.2) is 9.97 Å². The number of nitrogens with zero attached hydrogens (tertiary/aromatic N) is 2.